The zero-order valence-electron chi connectivity index (χ0n) is 26.7. The van der Waals surface area contributed by atoms with Crippen molar-refractivity contribution in [2.75, 3.05) is 24.2 Å². The lowest BCUT2D eigenvalue weighted by Crippen LogP contribution is -2.52. The SMILES string of the molecule is COc1cccc(CN(C(=O)CCCN(c2cccc(C(F)(F)F)c2)S(C)(=O)=O)[C@H](Cc2ccccc2)C(=O)NC2CCCCC2)c1. The Morgan fingerprint density at radius 3 is 2.28 bits per heavy atom. The van der Waals surface area contributed by atoms with Crippen LogP contribution in [0.1, 0.15) is 61.6 Å². The molecule has 47 heavy (non-hydrogen) atoms. The molecule has 0 heterocycles. The summed E-state index contributed by atoms with van der Waals surface area (Å²) in [7, 11) is -2.44. The predicted molar refractivity (Wildman–Crippen MR) is 175 cm³/mol. The first kappa shape index (κ1) is 35.8. The normalized spacial score (nSPS) is 14.7. The molecule has 0 spiro atoms. The molecule has 4 rings (SSSR count). The van der Waals surface area contributed by atoms with Gasteiger partial charge >= 0.3 is 6.18 Å². The van der Waals surface area contributed by atoms with Crippen molar-refractivity contribution in [3.8, 4) is 5.75 Å². The molecule has 1 fully saturated rings. The van der Waals surface area contributed by atoms with E-state index in [9.17, 15) is 31.2 Å². The fourth-order valence-electron chi connectivity index (χ4n) is 5.91. The molecule has 1 N–H and O–H groups in total. The quantitative estimate of drug-likeness (QED) is 0.215. The summed E-state index contributed by atoms with van der Waals surface area (Å²) in [5.74, 6) is -0.0604. The van der Waals surface area contributed by atoms with Gasteiger partial charge in [-0.15, -0.1) is 0 Å². The summed E-state index contributed by atoms with van der Waals surface area (Å²) in [6.45, 7) is -0.133. The third-order valence-corrected chi connectivity index (χ3v) is 9.52. The highest BCUT2D eigenvalue weighted by molar-refractivity contribution is 7.92. The van der Waals surface area contributed by atoms with Crippen molar-refractivity contribution in [2.24, 2.45) is 0 Å². The Kier molecular flexibility index (Phi) is 12.3. The molecule has 0 unspecified atom stereocenters. The highest BCUT2D eigenvalue weighted by Crippen LogP contribution is 2.32. The van der Waals surface area contributed by atoms with Gasteiger partial charge in [-0.1, -0.05) is 67.8 Å². The average molecular weight is 674 g/mol. The van der Waals surface area contributed by atoms with Gasteiger partial charge in [-0.05, 0) is 60.7 Å². The zero-order chi connectivity index (χ0) is 34.0. The van der Waals surface area contributed by atoms with Crippen LogP contribution in [0, 0.1) is 0 Å². The summed E-state index contributed by atoms with van der Waals surface area (Å²) in [5.41, 5.74) is 0.490. The molecule has 0 aliphatic heterocycles. The third kappa shape index (κ3) is 10.5. The van der Waals surface area contributed by atoms with Gasteiger partial charge in [0.1, 0.15) is 11.8 Å². The second kappa shape index (κ2) is 16.2. The largest absolute Gasteiger partial charge is 0.497 e. The number of benzene rings is 3. The molecule has 3 aromatic carbocycles. The lowest BCUT2D eigenvalue weighted by atomic mass is 9.94. The van der Waals surface area contributed by atoms with Gasteiger partial charge in [-0.25, -0.2) is 8.42 Å². The molecule has 3 aromatic rings. The Labute approximate surface area is 275 Å². The number of alkyl halides is 3. The Bertz CT molecular complexity index is 1600. The van der Waals surface area contributed by atoms with Crippen LogP contribution in [-0.2, 0) is 38.8 Å². The number of ether oxygens (including phenoxy) is 1. The Hall–Kier alpha value is -4.06. The number of nitrogens with zero attached hydrogens (tertiary/aromatic N) is 2. The van der Waals surface area contributed by atoms with Gasteiger partial charge < -0.3 is 15.0 Å². The summed E-state index contributed by atoms with van der Waals surface area (Å²) in [6.07, 6.45) is 1.27. The van der Waals surface area contributed by atoms with Gasteiger partial charge in [0.05, 0.1) is 24.6 Å². The maximum Gasteiger partial charge on any atom is 0.416 e. The fraction of sp³-hybridized carbons (Fsp3) is 0.429. The Morgan fingerprint density at radius 1 is 0.936 bits per heavy atom. The number of halogens is 3. The molecule has 0 bridgehead atoms. The van der Waals surface area contributed by atoms with Crippen LogP contribution in [0.15, 0.2) is 78.9 Å². The van der Waals surface area contributed by atoms with Gasteiger partial charge in [0.15, 0.2) is 0 Å². The first-order valence-corrected chi connectivity index (χ1v) is 17.6. The molecule has 1 saturated carbocycles. The molecule has 0 aromatic heterocycles. The van der Waals surface area contributed by atoms with E-state index in [0.29, 0.717) is 5.75 Å². The van der Waals surface area contributed by atoms with Gasteiger partial charge in [0, 0.05) is 32.0 Å². The number of hydrogen-bond acceptors (Lipinski definition) is 5. The molecular formula is C35H42F3N3O5S. The number of rotatable bonds is 14. The minimum absolute atomic E-state index is 0.0130. The van der Waals surface area contributed by atoms with E-state index in [0.717, 1.165) is 72.0 Å². The van der Waals surface area contributed by atoms with Crippen molar-refractivity contribution in [2.45, 2.75) is 76.2 Å². The van der Waals surface area contributed by atoms with Crippen LogP contribution in [0.4, 0.5) is 18.9 Å². The van der Waals surface area contributed by atoms with Gasteiger partial charge in [0.2, 0.25) is 21.8 Å². The maximum atomic E-state index is 14.1. The molecule has 2 amide bonds. The average Bonchev–Trinajstić information content (AvgIpc) is 3.04. The minimum Gasteiger partial charge on any atom is -0.497 e. The number of carbonyl (C=O) groups excluding carboxylic acids is 2. The van der Waals surface area contributed by atoms with Crippen molar-refractivity contribution in [3.63, 3.8) is 0 Å². The van der Waals surface area contributed by atoms with E-state index >= 15 is 0 Å². The smallest absolute Gasteiger partial charge is 0.416 e. The van der Waals surface area contributed by atoms with Gasteiger partial charge in [-0.2, -0.15) is 13.2 Å². The molecule has 1 aliphatic carbocycles. The molecule has 8 nitrogen and oxygen atoms in total. The van der Waals surface area contributed by atoms with E-state index in [4.69, 9.17) is 4.74 Å². The van der Waals surface area contributed by atoms with Crippen LogP contribution in [-0.4, -0.2) is 57.1 Å². The predicted octanol–water partition coefficient (Wildman–Crippen LogP) is 6.35. The Morgan fingerprint density at radius 2 is 1.62 bits per heavy atom. The van der Waals surface area contributed by atoms with E-state index in [1.165, 1.54) is 18.1 Å². The van der Waals surface area contributed by atoms with Gasteiger partial charge in [-0.3, -0.25) is 13.9 Å². The molecule has 0 radical (unpaired) electrons. The van der Waals surface area contributed by atoms with Crippen molar-refractivity contribution >= 4 is 27.5 Å². The van der Waals surface area contributed by atoms with Crippen LogP contribution in [0.2, 0.25) is 0 Å². The second-order valence-electron chi connectivity index (χ2n) is 11.9. The summed E-state index contributed by atoms with van der Waals surface area (Å²) < 4.78 is 71.8. The number of nitrogens with one attached hydrogen (secondary N) is 1. The highest BCUT2D eigenvalue weighted by atomic mass is 32.2. The van der Waals surface area contributed by atoms with Crippen LogP contribution in [0.3, 0.4) is 0 Å². The first-order valence-electron chi connectivity index (χ1n) is 15.8. The lowest BCUT2D eigenvalue weighted by Gasteiger charge is -2.34. The molecule has 0 saturated heterocycles. The molecule has 1 aliphatic rings. The number of anilines is 1. The van der Waals surface area contributed by atoms with Crippen LogP contribution < -0.4 is 14.4 Å². The molecular weight excluding hydrogens is 631 g/mol. The number of methoxy groups -OCH3 is 1. The van der Waals surface area contributed by atoms with E-state index in [1.54, 1.807) is 18.2 Å². The van der Waals surface area contributed by atoms with E-state index < -0.39 is 27.8 Å². The maximum absolute atomic E-state index is 14.1. The summed E-state index contributed by atoms with van der Waals surface area (Å²) in [5, 5.41) is 3.18. The van der Waals surface area contributed by atoms with E-state index in [-0.39, 0.29) is 55.9 Å². The summed E-state index contributed by atoms with van der Waals surface area (Å²) in [6, 6.07) is 19.8. The standard InChI is InChI=1S/C35H42F3N3O5S/c1-46-31-19-9-14-27(22-31)25-40(32(23-26-12-5-3-6-13-26)34(43)39-29-16-7-4-8-17-29)33(42)20-11-21-41(47(2,44)45)30-18-10-15-28(24-30)35(36,37)38/h3,5-6,9-10,12-15,18-19,22,24,29,32H,4,7-8,11,16-17,20-21,23,25H2,1-2H3,(H,39,43)/t32-/m1/s1. The minimum atomic E-state index is -4.65. The molecule has 254 valence electrons. The number of carbonyl (C=O) groups is 2. The van der Waals surface area contributed by atoms with Crippen molar-refractivity contribution in [1.82, 2.24) is 10.2 Å². The fourth-order valence-corrected chi connectivity index (χ4v) is 6.86. The monoisotopic (exact) mass is 673 g/mol. The van der Waals surface area contributed by atoms with E-state index in [1.807, 2.05) is 36.4 Å². The summed E-state index contributed by atoms with van der Waals surface area (Å²) >= 11 is 0. The van der Waals surface area contributed by atoms with Crippen molar-refractivity contribution in [1.29, 1.82) is 0 Å². The van der Waals surface area contributed by atoms with E-state index in [2.05, 4.69) is 5.32 Å². The molecule has 1 atom stereocenters. The Balaban J connectivity index is 1.61. The van der Waals surface area contributed by atoms with Crippen molar-refractivity contribution in [3.05, 3.63) is 95.6 Å². The summed E-state index contributed by atoms with van der Waals surface area (Å²) in [4.78, 5) is 29.6. The van der Waals surface area contributed by atoms with Crippen molar-refractivity contribution < 1.29 is 35.9 Å². The lowest BCUT2D eigenvalue weighted by molar-refractivity contribution is -0.141. The zero-order valence-corrected chi connectivity index (χ0v) is 27.5. The third-order valence-electron chi connectivity index (χ3n) is 8.32. The number of sulfonamides is 1. The topological polar surface area (TPSA) is 96.0 Å². The first-order chi connectivity index (χ1) is 22.3. The molecule has 12 heteroatoms. The van der Waals surface area contributed by atoms with Crippen LogP contribution in [0.25, 0.3) is 0 Å². The van der Waals surface area contributed by atoms with Crippen LogP contribution >= 0.6 is 0 Å². The highest BCUT2D eigenvalue weighted by Gasteiger charge is 2.33. The number of hydrogen-bond donors (Lipinski definition) is 1. The number of amides is 2. The second-order valence-corrected chi connectivity index (χ2v) is 13.8. The van der Waals surface area contributed by atoms with Crippen LogP contribution in [0.5, 0.6) is 5.75 Å². The van der Waals surface area contributed by atoms with Gasteiger partial charge in [0.25, 0.3) is 0 Å².